The number of carbonyl (C=O) groups excluding carboxylic acids is 1. The van der Waals surface area contributed by atoms with Crippen molar-refractivity contribution in [3.05, 3.63) is 66.0 Å². The van der Waals surface area contributed by atoms with Crippen LogP contribution in [0.3, 0.4) is 0 Å². The van der Waals surface area contributed by atoms with Crippen molar-refractivity contribution in [3.63, 3.8) is 0 Å². The quantitative estimate of drug-likeness (QED) is 0.498. The highest BCUT2D eigenvalue weighted by Crippen LogP contribution is 2.20. The molecule has 10 nitrogen and oxygen atoms in total. The first-order valence-electron chi connectivity index (χ1n) is 8.79. The van der Waals surface area contributed by atoms with Gasteiger partial charge in [-0.2, -0.15) is 0 Å². The first-order valence-corrected chi connectivity index (χ1v) is 12.2. The number of benzene rings is 2. The Morgan fingerprint density at radius 3 is 2.16 bits per heavy atom. The molecule has 12 heteroatoms. The number of hydrogen-bond acceptors (Lipinski definition) is 8. The number of nitrogens with zero attached hydrogens (tertiary/aromatic N) is 2. The van der Waals surface area contributed by atoms with Gasteiger partial charge in [0.05, 0.1) is 23.0 Å². The monoisotopic (exact) mass is 461 g/mol. The van der Waals surface area contributed by atoms with Crippen LogP contribution in [0.1, 0.15) is 16.1 Å². The van der Waals surface area contributed by atoms with Gasteiger partial charge in [0.2, 0.25) is 10.0 Å². The van der Waals surface area contributed by atoms with Crippen LogP contribution in [0.2, 0.25) is 0 Å². The molecule has 0 saturated carbocycles. The zero-order chi connectivity index (χ0) is 22.8. The average molecular weight is 462 g/mol. The van der Waals surface area contributed by atoms with E-state index < -0.39 is 26.0 Å². The van der Waals surface area contributed by atoms with Gasteiger partial charge in [0.1, 0.15) is 0 Å². The Bertz CT molecular complexity index is 1340. The van der Waals surface area contributed by atoms with Crippen LogP contribution < -0.4 is 15.2 Å². The largest absolute Gasteiger partial charge is 0.382 e. The van der Waals surface area contributed by atoms with Gasteiger partial charge in [0, 0.05) is 11.3 Å². The Balaban J connectivity index is 1.82. The maximum atomic E-state index is 12.6. The van der Waals surface area contributed by atoms with Crippen LogP contribution in [0.4, 0.5) is 11.5 Å². The maximum absolute atomic E-state index is 12.6. The molecule has 0 bridgehead atoms. The predicted molar refractivity (Wildman–Crippen MR) is 116 cm³/mol. The molecule has 3 aromatic rings. The summed E-state index contributed by atoms with van der Waals surface area (Å²) in [6.07, 6.45) is 2.19. The molecule has 0 aliphatic heterocycles. The summed E-state index contributed by atoms with van der Waals surface area (Å²) in [5, 5.41) is 2.56. The molecule has 0 saturated heterocycles. The second-order valence-corrected chi connectivity index (χ2v) is 10.4. The first-order chi connectivity index (χ1) is 14.4. The molecule has 0 atom stereocenters. The fraction of sp³-hybridized carbons (Fsp3) is 0.105. The van der Waals surface area contributed by atoms with E-state index in [0.29, 0.717) is 5.69 Å². The molecule has 3 rings (SSSR count). The molecule has 1 aromatic heterocycles. The molecule has 1 amide bonds. The lowest BCUT2D eigenvalue weighted by Crippen LogP contribution is -2.29. The van der Waals surface area contributed by atoms with E-state index in [1.54, 1.807) is 4.13 Å². The Kier molecular flexibility index (Phi) is 6.06. The summed E-state index contributed by atoms with van der Waals surface area (Å²) in [6.45, 7) is 1.95. The Morgan fingerprint density at radius 1 is 0.968 bits per heavy atom. The second kappa shape index (κ2) is 8.41. The van der Waals surface area contributed by atoms with Crippen LogP contribution in [0.25, 0.3) is 11.3 Å². The van der Waals surface area contributed by atoms with Gasteiger partial charge in [-0.25, -0.2) is 26.8 Å². The van der Waals surface area contributed by atoms with Crippen LogP contribution in [-0.2, 0) is 20.0 Å². The van der Waals surface area contributed by atoms with Crippen LogP contribution in [-0.4, -0.2) is 39.0 Å². The fourth-order valence-electron chi connectivity index (χ4n) is 2.58. The van der Waals surface area contributed by atoms with Crippen LogP contribution in [0.15, 0.2) is 59.6 Å². The molecule has 0 unspecified atom stereocenters. The van der Waals surface area contributed by atoms with Gasteiger partial charge in [0.15, 0.2) is 11.5 Å². The minimum Gasteiger partial charge on any atom is -0.382 e. The number of amides is 1. The van der Waals surface area contributed by atoms with Crippen molar-refractivity contribution in [2.75, 3.05) is 17.3 Å². The van der Waals surface area contributed by atoms with Gasteiger partial charge in [-0.3, -0.25) is 4.79 Å². The molecule has 4 N–H and O–H groups in total. The van der Waals surface area contributed by atoms with Crippen molar-refractivity contribution in [2.24, 2.45) is 0 Å². The number of aryl methyl sites for hydroxylation is 1. The Hall–Kier alpha value is -3.35. The zero-order valence-corrected chi connectivity index (χ0v) is 18.2. The highest BCUT2D eigenvalue weighted by molar-refractivity contribution is 8.04. The molecule has 162 valence electrons. The normalized spacial score (nSPS) is 11.8. The SMILES string of the molecule is Cc1ccc(-c2cnc(N)c(C(=O)Nc3ccc(S(=O)(=O)NS(C)(=O)=O)cc3)n2)cc1. The number of hydrogen-bond donors (Lipinski definition) is 3. The Morgan fingerprint density at radius 2 is 1.58 bits per heavy atom. The lowest BCUT2D eigenvalue weighted by molar-refractivity contribution is 0.102. The lowest BCUT2D eigenvalue weighted by Gasteiger charge is -2.09. The summed E-state index contributed by atoms with van der Waals surface area (Å²) >= 11 is 0. The molecular formula is C19H19N5O5S2. The van der Waals surface area contributed by atoms with Crippen LogP contribution in [0.5, 0.6) is 0 Å². The van der Waals surface area contributed by atoms with Crippen molar-refractivity contribution in [1.82, 2.24) is 14.1 Å². The van der Waals surface area contributed by atoms with E-state index in [1.807, 2.05) is 31.2 Å². The number of nitrogens with one attached hydrogen (secondary N) is 2. The van der Waals surface area contributed by atoms with Crippen LogP contribution in [0, 0.1) is 6.92 Å². The number of nitrogens with two attached hydrogens (primary N) is 1. The standard InChI is InChI=1S/C19H19N5O5S2/c1-12-3-5-13(6-4-12)16-11-21-18(20)17(23-16)19(25)22-14-7-9-15(10-8-14)31(28,29)24-30(2,26)27/h3-11,24H,1-2H3,(H2,20,21)(H,22,25). The fourth-order valence-corrected chi connectivity index (χ4v) is 5.06. The molecule has 0 aliphatic rings. The molecule has 0 radical (unpaired) electrons. The van der Waals surface area contributed by atoms with E-state index in [9.17, 15) is 21.6 Å². The van der Waals surface area contributed by atoms with Gasteiger partial charge >= 0.3 is 0 Å². The predicted octanol–water partition coefficient (Wildman–Crippen LogP) is 1.52. The van der Waals surface area contributed by atoms with Crippen molar-refractivity contribution in [2.45, 2.75) is 11.8 Å². The summed E-state index contributed by atoms with van der Waals surface area (Å²) in [4.78, 5) is 20.7. The molecule has 0 spiro atoms. The molecule has 0 fully saturated rings. The number of aromatic nitrogens is 2. The molecule has 2 aromatic carbocycles. The summed E-state index contributed by atoms with van der Waals surface area (Å²) in [7, 11) is -8.22. The van der Waals surface area contributed by atoms with Crippen molar-refractivity contribution in [3.8, 4) is 11.3 Å². The summed E-state index contributed by atoms with van der Waals surface area (Å²) in [5.41, 5.74) is 8.27. The van der Waals surface area contributed by atoms with E-state index in [0.717, 1.165) is 29.5 Å². The van der Waals surface area contributed by atoms with E-state index in [-0.39, 0.29) is 22.1 Å². The second-order valence-electron chi connectivity index (χ2n) is 6.69. The van der Waals surface area contributed by atoms with Crippen molar-refractivity contribution in [1.29, 1.82) is 0 Å². The smallest absolute Gasteiger partial charge is 0.278 e. The summed E-state index contributed by atoms with van der Waals surface area (Å²) in [5.74, 6) is -0.700. The van der Waals surface area contributed by atoms with E-state index >= 15 is 0 Å². The van der Waals surface area contributed by atoms with Gasteiger partial charge in [-0.1, -0.05) is 29.8 Å². The lowest BCUT2D eigenvalue weighted by atomic mass is 10.1. The summed E-state index contributed by atoms with van der Waals surface area (Å²) in [6, 6.07) is 12.4. The van der Waals surface area contributed by atoms with Gasteiger partial charge in [0.25, 0.3) is 15.9 Å². The van der Waals surface area contributed by atoms with E-state index in [1.165, 1.54) is 18.3 Å². The number of sulfonamides is 2. The third-order valence-electron chi connectivity index (χ3n) is 4.05. The number of carbonyl (C=O) groups is 1. The number of nitrogen functional groups attached to an aromatic ring is 1. The molecule has 0 aliphatic carbocycles. The van der Waals surface area contributed by atoms with E-state index in [2.05, 4.69) is 15.3 Å². The van der Waals surface area contributed by atoms with Gasteiger partial charge in [-0.15, -0.1) is 4.13 Å². The Labute approximate surface area is 179 Å². The molecular weight excluding hydrogens is 442 g/mol. The minimum absolute atomic E-state index is 0.0649. The molecule has 31 heavy (non-hydrogen) atoms. The molecule has 1 heterocycles. The van der Waals surface area contributed by atoms with Gasteiger partial charge in [-0.05, 0) is 31.2 Å². The maximum Gasteiger partial charge on any atom is 0.278 e. The zero-order valence-electron chi connectivity index (χ0n) is 16.5. The topological polar surface area (TPSA) is 161 Å². The minimum atomic E-state index is -4.25. The van der Waals surface area contributed by atoms with Crippen molar-refractivity contribution >= 4 is 37.5 Å². The first kappa shape index (κ1) is 22.3. The number of rotatable bonds is 6. The van der Waals surface area contributed by atoms with E-state index in [4.69, 9.17) is 5.73 Å². The average Bonchev–Trinajstić information content (AvgIpc) is 2.67. The van der Waals surface area contributed by atoms with Crippen molar-refractivity contribution < 1.29 is 21.6 Å². The highest BCUT2D eigenvalue weighted by Gasteiger charge is 2.20. The highest BCUT2D eigenvalue weighted by atomic mass is 32.3. The third-order valence-corrected chi connectivity index (χ3v) is 7.03. The number of anilines is 2. The third kappa shape index (κ3) is 5.63. The van der Waals surface area contributed by atoms with Crippen LogP contribution >= 0.6 is 0 Å². The summed E-state index contributed by atoms with van der Waals surface area (Å²) < 4.78 is 48.0. The van der Waals surface area contributed by atoms with Gasteiger partial charge < -0.3 is 11.1 Å².